The molecule has 0 unspecified atom stereocenters. The van der Waals surface area contributed by atoms with Crippen LogP contribution in [0.15, 0.2) is 29.4 Å². The third kappa shape index (κ3) is 3.48. The van der Waals surface area contributed by atoms with Gasteiger partial charge in [-0.15, -0.1) is 0 Å². The summed E-state index contributed by atoms with van der Waals surface area (Å²) in [7, 11) is 0. The number of nitrogens with zero attached hydrogens (tertiary/aromatic N) is 3. The first kappa shape index (κ1) is 16.6. The molecule has 2 aliphatic rings. The molecule has 0 aliphatic carbocycles. The molecule has 6 heteroatoms. The van der Waals surface area contributed by atoms with E-state index in [1.165, 1.54) is 9.91 Å². The van der Waals surface area contributed by atoms with Crippen LogP contribution in [0.5, 0.6) is 0 Å². The number of piperazine rings is 1. The number of hydrogen-bond acceptors (Lipinski definition) is 3. The first-order valence-corrected chi connectivity index (χ1v) is 8.68. The van der Waals surface area contributed by atoms with Gasteiger partial charge in [0.2, 0.25) is 5.91 Å². The summed E-state index contributed by atoms with van der Waals surface area (Å²) in [6.07, 6.45) is 0.763. The number of amides is 2. The predicted octanol–water partition coefficient (Wildman–Crippen LogP) is 0.225. The maximum Gasteiger partial charge on any atom is 0.270 e. The van der Waals surface area contributed by atoms with Gasteiger partial charge in [0.05, 0.1) is 38.4 Å². The fourth-order valence-electron chi connectivity index (χ4n) is 3.16. The second-order valence-electron chi connectivity index (χ2n) is 6.48. The molecule has 1 saturated heterocycles. The SMILES string of the molecule is CC[NH+]1CCN(C(=O)C2=NN(c3ccc(C)cc3)C(=O)CC2)CC1. The summed E-state index contributed by atoms with van der Waals surface area (Å²) in [5, 5.41) is 5.76. The number of carbonyl (C=O) groups excluding carboxylic acids is 2. The Morgan fingerprint density at radius 3 is 2.46 bits per heavy atom. The minimum atomic E-state index is -0.0596. The number of rotatable bonds is 3. The summed E-state index contributed by atoms with van der Waals surface area (Å²) in [4.78, 5) is 28.3. The Morgan fingerprint density at radius 1 is 1.17 bits per heavy atom. The second kappa shape index (κ2) is 7.13. The standard InChI is InChI=1S/C18H24N4O2/c1-3-20-10-12-21(13-11-20)18(24)16-8-9-17(23)22(19-16)15-6-4-14(2)5-7-15/h4-7H,3,8-13H2,1-2H3/p+1. The zero-order valence-electron chi connectivity index (χ0n) is 14.4. The lowest BCUT2D eigenvalue weighted by atomic mass is 10.1. The zero-order chi connectivity index (χ0) is 17.1. The molecule has 0 aromatic heterocycles. The molecule has 3 rings (SSSR count). The summed E-state index contributed by atoms with van der Waals surface area (Å²) in [6, 6.07) is 7.63. The highest BCUT2D eigenvalue weighted by Crippen LogP contribution is 2.21. The van der Waals surface area contributed by atoms with Gasteiger partial charge in [0.1, 0.15) is 5.71 Å². The lowest BCUT2D eigenvalue weighted by Gasteiger charge is -2.32. The van der Waals surface area contributed by atoms with Crippen molar-refractivity contribution in [2.75, 3.05) is 37.7 Å². The molecule has 1 aromatic rings. The molecule has 2 amide bonds. The Morgan fingerprint density at radius 2 is 1.83 bits per heavy atom. The Bertz CT molecular complexity index is 645. The van der Waals surface area contributed by atoms with E-state index in [0.717, 1.165) is 44.0 Å². The van der Waals surface area contributed by atoms with Crippen molar-refractivity contribution in [2.45, 2.75) is 26.7 Å². The van der Waals surface area contributed by atoms with E-state index in [1.807, 2.05) is 36.1 Å². The van der Waals surface area contributed by atoms with Gasteiger partial charge in [-0.1, -0.05) is 17.7 Å². The van der Waals surface area contributed by atoms with E-state index in [9.17, 15) is 9.59 Å². The Labute approximate surface area is 142 Å². The predicted molar refractivity (Wildman–Crippen MR) is 93.2 cm³/mol. The average Bonchev–Trinajstić information content (AvgIpc) is 2.62. The van der Waals surface area contributed by atoms with Crippen molar-refractivity contribution >= 4 is 23.2 Å². The molecule has 0 bridgehead atoms. The van der Waals surface area contributed by atoms with Crippen LogP contribution in [0.1, 0.15) is 25.3 Å². The van der Waals surface area contributed by atoms with Crippen LogP contribution in [0, 0.1) is 6.92 Å². The van der Waals surface area contributed by atoms with Crippen molar-refractivity contribution in [3.63, 3.8) is 0 Å². The summed E-state index contributed by atoms with van der Waals surface area (Å²) >= 11 is 0. The van der Waals surface area contributed by atoms with Gasteiger partial charge in [0.25, 0.3) is 5.91 Å². The lowest BCUT2D eigenvalue weighted by Crippen LogP contribution is -3.14. The van der Waals surface area contributed by atoms with E-state index in [4.69, 9.17) is 0 Å². The molecule has 2 aliphatic heterocycles. The van der Waals surface area contributed by atoms with E-state index < -0.39 is 0 Å². The van der Waals surface area contributed by atoms with Gasteiger partial charge < -0.3 is 9.80 Å². The quantitative estimate of drug-likeness (QED) is 0.863. The van der Waals surface area contributed by atoms with Crippen LogP contribution in [0.25, 0.3) is 0 Å². The maximum absolute atomic E-state index is 12.7. The second-order valence-corrected chi connectivity index (χ2v) is 6.48. The lowest BCUT2D eigenvalue weighted by molar-refractivity contribution is -0.902. The highest BCUT2D eigenvalue weighted by molar-refractivity contribution is 6.40. The first-order valence-electron chi connectivity index (χ1n) is 8.68. The number of aryl methyl sites for hydroxylation is 1. The smallest absolute Gasteiger partial charge is 0.270 e. The van der Waals surface area contributed by atoms with E-state index >= 15 is 0 Å². The molecule has 1 aromatic carbocycles. The van der Waals surface area contributed by atoms with Crippen molar-refractivity contribution in [1.82, 2.24) is 4.90 Å². The Balaban J connectivity index is 1.75. The molecular weight excluding hydrogens is 304 g/mol. The highest BCUT2D eigenvalue weighted by Gasteiger charge is 2.30. The number of nitrogens with one attached hydrogen (secondary N) is 1. The van der Waals surface area contributed by atoms with E-state index in [1.54, 1.807) is 0 Å². The van der Waals surface area contributed by atoms with E-state index in [0.29, 0.717) is 18.6 Å². The molecule has 6 nitrogen and oxygen atoms in total. The van der Waals surface area contributed by atoms with Crippen LogP contribution in [0.4, 0.5) is 5.69 Å². The van der Waals surface area contributed by atoms with Crippen LogP contribution in [-0.4, -0.2) is 55.1 Å². The molecular formula is C18H25N4O2+. The van der Waals surface area contributed by atoms with Gasteiger partial charge in [-0.2, -0.15) is 5.10 Å². The maximum atomic E-state index is 12.7. The zero-order valence-corrected chi connectivity index (χ0v) is 14.4. The van der Waals surface area contributed by atoms with Gasteiger partial charge in [0.15, 0.2) is 0 Å². The molecule has 2 heterocycles. The molecule has 1 N–H and O–H groups in total. The number of anilines is 1. The van der Waals surface area contributed by atoms with Gasteiger partial charge in [-0.3, -0.25) is 9.59 Å². The number of hydrogen-bond donors (Lipinski definition) is 1. The van der Waals surface area contributed by atoms with Crippen LogP contribution >= 0.6 is 0 Å². The van der Waals surface area contributed by atoms with Crippen LogP contribution in [-0.2, 0) is 9.59 Å². The molecule has 1 fully saturated rings. The number of hydrazone groups is 1. The van der Waals surface area contributed by atoms with E-state index in [-0.39, 0.29) is 11.8 Å². The highest BCUT2D eigenvalue weighted by atomic mass is 16.2. The number of carbonyl (C=O) groups is 2. The largest absolute Gasteiger partial charge is 0.332 e. The number of quaternary nitrogens is 1. The summed E-state index contributed by atoms with van der Waals surface area (Å²) in [5.41, 5.74) is 2.34. The van der Waals surface area contributed by atoms with Crippen molar-refractivity contribution in [1.29, 1.82) is 0 Å². The fraction of sp³-hybridized carbons (Fsp3) is 0.500. The van der Waals surface area contributed by atoms with Crippen LogP contribution < -0.4 is 9.91 Å². The van der Waals surface area contributed by atoms with Gasteiger partial charge in [-0.25, -0.2) is 5.01 Å². The molecule has 0 spiro atoms. The Hall–Kier alpha value is -2.21. The minimum Gasteiger partial charge on any atom is -0.332 e. The first-order chi connectivity index (χ1) is 11.6. The van der Waals surface area contributed by atoms with Gasteiger partial charge in [-0.05, 0) is 26.0 Å². The van der Waals surface area contributed by atoms with Crippen LogP contribution in [0.2, 0.25) is 0 Å². The third-order valence-electron chi connectivity index (χ3n) is 4.82. The van der Waals surface area contributed by atoms with Crippen molar-refractivity contribution < 1.29 is 14.5 Å². The number of likely N-dealkylation sites (N-methyl/N-ethyl adjacent to an activating group) is 1. The Kier molecular flexibility index (Phi) is 4.94. The summed E-state index contributed by atoms with van der Waals surface area (Å²) in [5.74, 6) is -0.0783. The third-order valence-corrected chi connectivity index (χ3v) is 4.82. The van der Waals surface area contributed by atoms with E-state index in [2.05, 4.69) is 12.0 Å². The average molecular weight is 329 g/mol. The van der Waals surface area contributed by atoms with Crippen LogP contribution in [0.3, 0.4) is 0 Å². The van der Waals surface area contributed by atoms with Crippen molar-refractivity contribution in [2.24, 2.45) is 5.10 Å². The molecule has 24 heavy (non-hydrogen) atoms. The normalized spacial score (nSPS) is 19.4. The van der Waals surface area contributed by atoms with Crippen molar-refractivity contribution in [3.8, 4) is 0 Å². The molecule has 0 saturated carbocycles. The molecule has 128 valence electrons. The summed E-state index contributed by atoms with van der Waals surface area (Å²) in [6.45, 7) is 8.75. The molecule has 0 radical (unpaired) electrons. The summed E-state index contributed by atoms with van der Waals surface area (Å²) < 4.78 is 0. The van der Waals surface area contributed by atoms with Gasteiger partial charge in [0, 0.05) is 12.8 Å². The number of benzene rings is 1. The fourth-order valence-corrected chi connectivity index (χ4v) is 3.16. The monoisotopic (exact) mass is 329 g/mol. The van der Waals surface area contributed by atoms with Gasteiger partial charge >= 0.3 is 0 Å². The molecule has 0 atom stereocenters. The minimum absolute atomic E-state index is 0.0187. The topological polar surface area (TPSA) is 57.4 Å². The van der Waals surface area contributed by atoms with Crippen molar-refractivity contribution in [3.05, 3.63) is 29.8 Å².